The number of carbonyl (C=O) groups excluding carboxylic acids is 1. The topological polar surface area (TPSA) is 71.2 Å². The highest BCUT2D eigenvalue weighted by atomic mass is 16.1. The first-order chi connectivity index (χ1) is 9.54. The summed E-state index contributed by atoms with van der Waals surface area (Å²) in [5.41, 5.74) is 7.98. The summed E-state index contributed by atoms with van der Waals surface area (Å²) in [6.07, 6.45) is 3.47. The molecule has 1 unspecified atom stereocenters. The van der Waals surface area contributed by atoms with Crippen LogP contribution >= 0.6 is 0 Å². The fourth-order valence-corrected chi connectivity index (χ4v) is 3.06. The van der Waals surface area contributed by atoms with Gasteiger partial charge in [0.25, 0.3) is 5.91 Å². The Morgan fingerprint density at radius 3 is 2.90 bits per heavy atom. The van der Waals surface area contributed by atoms with E-state index in [0.717, 1.165) is 43.0 Å². The first-order valence-electron chi connectivity index (χ1n) is 7.24. The molecule has 1 amide bonds. The molecule has 1 aliphatic heterocycles. The van der Waals surface area contributed by atoms with E-state index in [-0.39, 0.29) is 0 Å². The van der Waals surface area contributed by atoms with Crippen LogP contribution in [-0.2, 0) is 0 Å². The molecule has 0 spiro atoms. The summed E-state index contributed by atoms with van der Waals surface area (Å²) in [5.74, 6) is 0.369. The lowest BCUT2D eigenvalue weighted by molar-refractivity contribution is 0.0999. The lowest BCUT2D eigenvalue weighted by atomic mass is 10.00. The van der Waals surface area contributed by atoms with Gasteiger partial charge in [0.05, 0.1) is 5.56 Å². The van der Waals surface area contributed by atoms with Crippen LogP contribution in [0.15, 0.2) is 6.07 Å². The van der Waals surface area contributed by atoms with Crippen LogP contribution in [0.1, 0.15) is 40.9 Å². The maximum Gasteiger partial charge on any atom is 0.252 e. The standard InChI is InChI=1S/C15H24N4O/c1-10-8-11(2)18-15(13(10)14(16)20)19-7-5-4-6-12(19)9-17-3/h8,12,17H,4-7,9H2,1-3H3,(H2,16,20). The van der Waals surface area contributed by atoms with Crippen molar-refractivity contribution in [2.45, 2.75) is 39.2 Å². The second-order valence-electron chi connectivity index (χ2n) is 5.54. The quantitative estimate of drug-likeness (QED) is 0.871. The van der Waals surface area contributed by atoms with Gasteiger partial charge in [0.2, 0.25) is 0 Å². The molecular weight excluding hydrogens is 252 g/mol. The fourth-order valence-electron chi connectivity index (χ4n) is 3.06. The smallest absolute Gasteiger partial charge is 0.252 e. The molecule has 20 heavy (non-hydrogen) atoms. The third-order valence-electron chi connectivity index (χ3n) is 3.91. The van der Waals surface area contributed by atoms with Gasteiger partial charge in [0.1, 0.15) is 5.82 Å². The summed E-state index contributed by atoms with van der Waals surface area (Å²) in [7, 11) is 1.96. The summed E-state index contributed by atoms with van der Waals surface area (Å²) in [6, 6.07) is 2.29. The molecule has 0 saturated carbocycles. The van der Waals surface area contributed by atoms with Crippen LogP contribution in [0, 0.1) is 13.8 Å². The highest BCUT2D eigenvalue weighted by Crippen LogP contribution is 2.28. The Labute approximate surface area is 120 Å². The third-order valence-corrected chi connectivity index (χ3v) is 3.91. The summed E-state index contributed by atoms with van der Waals surface area (Å²) >= 11 is 0. The first-order valence-corrected chi connectivity index (χ1v) is 7.24. The Morgan fingerprint density at radius 2 is 2.25 bits per heavy atom. The molecule has 2 heterocycles. The molecular formula is C15H24N4O. The van der Waals surface area contributed by atoms with Gasteiger partial charge in [0, 0.05) is 24.8 Å². The average Bonchev–Trinajstić information content (AvgIpc) is 2.38. The van der Waals surface area contributed by atoms with Crippen LogP contribution in [-0.4, -0.2) is 37.1 Å². The fraction of sp³-hybridized carbons (Fsp3) is 0.600. The van der Waals surface area contributed by atoms with Crippen molar-refractivity contribution >= 4 is 11.7 Å². The SMILES string of the molecule is CNCC1CCCCN1c1nc(C)cc(C)c1C(N)=O. The lowest BCUT2D eigenvalue weighted by Gasteiger charge is -2.37. The molecule has 1 atom stereocenters. The number of pyridine rings is 1. The van der Waals surface area contributed by atoms with Crippen molar-refractivity contribution in [3.05, 3.63) is 22.9 Å². The minimum absolute atomic E-state index is 0.376. The van der Waals surface area contributed by atoms with Gasteiger partial charge in [-0.1, -0.05) is 0 Å². The van der Waals surface area contributed by atoms with Crippen LogP contribution in [0.4, 0.5) is 5.82 Å². The van der Waals surface area contributed by atoms with Crippen molar-refractivity contribution < 1.29 is 4.79 Å². The number of nitrogens with two attached hydrogens (primary N) is 1. The van der Waals surface area contributed by atoms with Gasteiger partial charge in [-0.05, 0) is 51.8 Å². The number of likely N-dealkylation sites (N-methyl/N-ethyl adjacent to an activating group) is 1. The number of rotatable bonds is 4. The molecule has 1 aromatic heterocycles. The minimum Gasteiger partial charge on any atom is -0.365 e. The predicted octanol–water partition coefficient (Wildman–Crippen LogP) is 1.38. The number of piperidine rings is 1. The van der Waals surface area contributed by atoms with E-state index in [1.54, 1.807) is 0 Å². The molecule has 1 aliphatic rings. The Morgan fingerprint density at radius 1 is 1.50 bits per heavy atom. The van der Waals surface area contributed by atoms with E-state index in [2.05, 4.69) is 15.2 Å². The molecule has 3 N–H and O–H groups in total. The Balaban J connectivity index is 2.46. The number of carbonyl (C=O) groups is 1. The van der Waals surface area contributed by atoms with Crippen molar-refractivity contribution in [3.63, 3.8) is 0 Å². The maximum atomic E-state index is 11.8. The van der Waals surface area contributed by atoms with Crippen LogP contribution in [0.5, 0.6) is 0 Å². The van der Waals surface area contributed by atoms with Gasteiger partial charge in [-0.2, -0.15) is 0 Å². The number of aromatic nitrogens is 1. The summed E-state index contributed by atoms with van der Waals surface area (Å²) in [5, 5.41) is 3.23. The van der Waals surface area contributed by atoms with Gasteiger partial charge >= 0.3 is 0 Å². The summed E-state index contributed by atoms with van der Waals surface area (Å²) in [6.45, 7) is 5.71. The van der Waals surface area contributed by atoms with Gasteiger partial charge in [-0.15, -0.1) is 0 Å². The van der Waals surface area contributed by atoms with E-state index in [0.29, 0.717) is 11.6 Å². The number of nitrogens with zero attached hydrogens (tertiary/aromatic N) is 2. The van der Waals surface area contributed by atoms with Crippen molar-refractivity contribution in [2.75, 3.05) is 25.0 Å². The van der Waals surface area contributed by atoms with Crippen LogP contribution < -0.4 is 16.0 Å². The predicted molar refractivity (Wildman–Crippen MR) is 81.1 cm³/mol. The van der Waals surface area contributed by atoms with Crippen LogP contribution in [0.2, 0.25) is 0 Å². The number of primary amides is 1. The largest absolute Gasteiger partial charge is 0.365 e. The van der Waals surface area contributed by atoms with Gasteiger partial charge in [-0.25, -0.2) is 4.98 Å². The Kier molecular flexibility index (Phi) is 4.60. The minimum atomic E-state index is -0.390. The number of amides is 1. The van der Waals surface area contributed by atoms with Crippen molar-refractivity contribution in [2.24, 2.45) is 5.73 Å². The van der Waals surface area contributed by atoms with E-state index in [4.69, 9.17) is 5.73 Å². The second kappa shape index (κ2) is 6.22. The first kappa shape index (κ1) is 14.8. The van der Waals surface area contributed by atoms with Gasteiger partial charge in [-0.3, -0.25) is 4.79 Å². The zero-order valence-electron chi connectivity index (χ0n) is 12.6. The van der Waals surface area contributed by atoms with E-state index in [1.807, 2.05) is 27.0 Å². The van der Waals surface area contributed by atoms with E-state index in [9.17, 15) is 4.79 Å². The number of nitrogens with one attached hydrogen (secondary N) is 1. The van der Waals surface area contributed by atoms with Crippen LogP contribution in [0.25, 0.3) is 0 Å². The molecule has 1 saturated heterocycles. The maximum absolute atomic E-state index is 11.8. The normalized spacial score (nSPS) is 19.1. The molecule has 110 valence electrons. The van der Waals surface area contributed by atoms with Crippen LogP contribution in [0.3, 0.4) is 0 Å². The third kappa shape index (κ3) is 2.93. The molecule has 1 aromatic rings. The van der Waals surface area contributed by atoms with E-state index < -0.39 is 5.91 Å². The molecule has 5 heteroatoms. The molecule has 0 bridgehead atoms. The van der Waals surface area contributed by atoms with Crippen molar-refractivity contribution in [1.29, 1.82) is 0 Å². The summed E-state index contributed by atoms with van der Waals surface area (Å²) in [4.78, 5) is 18.7. The second-order valence-corrected chi connectivity index (χ2v) is 5.54. The van der Waals surface area contributed by atoms with Crippen molar-refractivity contribution in [1.82, 2.24) is 10.3 Å². The number of hydrogen-bond donors (Lipinski definition) is 2. The average molecular weight is 276 g/mol. The number of anilines is 1. The zero-order valence-corrected chi connectivity index (χ0v) is 12.6. The Hall–Kier alpha value is -1.62. The highest BCUT2D eigenvalue weighted by Gasteiger charge is 2.27. The van der Waals surface area contributed by atoms with Gasteiger partial charge < -0.3 is 16.0 Å². The molecule has 0 aromatic carbocycles. The Bertz CT molecular complexity index is 499. The lowest BCUT2D eigenvalue weighted by Crippen LogP contribution is -2.46. The highest BCUT2D eigenvalue weighted by molar-refractivity contribution is 5.99. The van der Waals surface area contributed by atoms with E-state index in [1.165, 1.54) is 6.42 Å². The summed E-state index contributed by atoms with van der Waals surface area (Å²) < 4.78 is 0. The van der Waals surface area contributed by atoms with E-state index >= 15 is 0 Å². The number of hydrogen-bond acceptors (Lipinski definition) is 4. The molecule has 5 nitrogen and oxygen atoms in total. The molecule has 2 rings (SSSR count). The van der Waals surface area contributed by atoms with Crippen molar-refractivity contribution in [3.8, 4) is 0 Å². The molecule has 0 radical (unpaired) electrons. The zero-order chi connectivity index (χ0) is 14.7. The molecule has 0 aliphatic carbocycles. The molecule has 1 fully saturated rings. The monoisotopic (exact) mass is 276 g/mol. The number of aryl methyl sites for hydroxylation is 2. The van der Waals surface area contributed by atoms with Gasteiger partial charge in [0.15, 0.2) is 0 Å².